The summed E-state index contributed by atoms with van der Waals surface area (Å²) in [7, 11) is 3.75. The van der Waals surface area contributed by atoms with Crippen molar-refractivity contribution in [3.63, 3.8) is 0 Å². The summed E-state index contributed by atoms with van der Waals surface area (Å²) < 4.78 is 6.95. The number of hydrogen-bond donors (Lipinski definition) is 1. The Bertz CT molecular complexity index is 914. The number of nitrogens with zero attached hydrogens (tertiary/aromatic N) is 7. The number of amides is 1. The lowest BCUT2D eigenvalue weighted by Gasteiger charge is -2.26. The van der Waals surface area contributed by atoms with Gasteiger partial charge in [0.05, 0.1) is 30.0 Å². The van der Waals surface area contributed by atoms with Crippen LogP contribution in [0.5, 0.6) is 0 Å². The maximum absolute atomic E-state index is 12.1. The first kappa shape index (κ1) is 19.7. The minimum atomic E-state index is -0.782. The Morgan fingerprint density at radius 2 is 2.11 bits per heavy atom. The molecular weight excluding hydrogens is 362 g/mol. The fourth-order valence-corrected chi connectivity index (χ4v) is 2.83. The zero-order valence-corrected chi connectivity index (χ0v) is 16.6. The summed E-state index contributed by atoms with van der Waals surface area (Å²) in [5.41, 5.74) is -0.0452. The van der Waals surface area contributed by atoms with E-state index in [1.165, 1.54) is 6.33 Å². The number of hydroxylamine groups is 2. The van der Waals surface area contributed by atoms with Crippen LogP contribution in [0.2, 0.25) is 0 Å². The molecule has 0 saturated heterocycles. The topological polar surface area (TPSA) is 109 Å². The molecule has 0 bridgehead atoms. The number of rotatable bonds is 4. The summed E-state index contributed by atoms with van der Waals surface area (Å²) >= 11 is 0. The van der Waals surface area contributed by atoms with Gasteiger partial charge in [0.15, 0.2) is 11.5 Å². The van der Waals surface area contributed by atoms with Crippen LogP contribution in [0.25, 0.3) is 11.0 Å². The highest BCUT2D eigenvalue weighted by molar-refractivity contribution is 5.86. The third-order valence-corrected chi connectivity index (χ3v) is 4.03. The van der Waals surface area contributed by atoms with E-state index in [4.69, 9.17) is 4.74 Å². The van der Waals surface area contributed by atoms with Crippen LogP contribution in [-0.4, -0.2) is 73.1 Å². The normalized spacial score (nSPS) is 19.5. The summed E-state index contributed by atoms with van der Waals surface area (Å²) in [4.78, 5) is 26.8. The number of carbonyl (C=O) groups is 1. The number of fused-ring (bicyclic) bond motifs is 1. The smallest absolute Gasteiger partial charge is 0.434 e. The van der Waals surface area contributed by atoms with E-state index in [0.29, 0.717) is 22.9 Å². The number of aromatic nitrogens is 4. The lowest BCUT2D eigenvalue weighted by Crippen LogP contribution is -2.40. The van der Waals surface area contributed by atoms with Crippen molar-refractivity contribution in [1.29, 1.82) is 0 Å². The molecule has 1 N–H and O–H groups in total. The van der Waals surface area contributed by atoms with Crippen LogP contribution in [0, 0.1) is 0 Å². The Labute approximate surface area is 163 Å². The van der Waals surface area contributed by atoms with Crippen molar-refractivity contribution < 1.29 is 14.7 Å². The summed E-state index contributed by atoms with van der Waals surface area (Å²) in [6.45, 7) is 5.24. The van der Waals surface area contributed by atoms with Crippen molar-refractivity contribution in [3.8, 4) is 0 Å². The highest BCUT2D eigenvalue weighted by Gasteiger charge is 2.32. The van der Waals surface area contributed by atoms with E-state index >= 15 is 0 Å². The predicted molar refractivity (Wildman–Crippen MR) is 104 cm³/mol. The molecule has 0 fully saturated rings. The molecule has 1 aliphatic rings. The lowest BCUT2D eigenvalue weighted by molar-refractivity contribution is -0.110. The Kier molecular flexibility index (Phi) is 5.32. The zero-order chi connectivity index (χ0) is 20.5. The molecular formula is C18H25N7O3. The molecule has 0 aliphatic heterocycles. The molecule has 0 saturated carbocycles. The minimum absolute atomic E-state index is 0.167. The number of allylic oxidation sites excluding steroid dienone is 1. The first-order valence-corrected chi connectivity index (χ1v) is 8.94. The molecule has 3 rings (SSSR count). The van der Waals surface area contributed by atoms with Gasteiger partial charge in [-0.3, -0.25) is 5.21 Å². The summed E-state index contributed by atoms with van der Waals surface area (Å²) in [5, 5.41) is 16.0. The predicted octanol–water partition coefficient (Wildman–Crippen LogP) is 2.54. The van der Waals surface area contributed by atoms with Crippen LogP contribution in [0.4, 0.5) is 10.6 Å². The second-order valence-corrected chi connectivity index (χ2v) is 7.81. The largest absolute Gasteiger partial charge is 0.442 e. The number of carbonyl (C=O) groups excluding carboxylic acids is 1. The summed E-state index contributed by atoms with van der Waals surface area (Å²) in [6.07, 6.45) is 8.09. The minimum Gasteiger partial charge on any atom is -0.442 e. The SMILES string of the molecule is CN(C)/C=N/c1ncnc2c1cnn2[C@H]1C=C[C@@H](N(O)C(=O)OC(C)(C)C)C1. The van der Waals surface area contributed by atoms with Gasteiger partial charge in [0.2, 0.25) is 0 Å². The van der Waals surface area contributed by atoms with Gasteiger partial charge in [-0.25, -0.2) is 24.4 Å². The summed E-state index contributed by atoms with van der Waals surface area (Å²) in [6, 6.07) is -0.674. The van der Waals surface area contributed by atoms with Crippen molar-refractivity contribution in [3.05, 3.63) is 24.7 Å². The Morgan fingerprint density at radius 3 is 2.79 bits per heavy atom. The number of ether oxygens (including phenoxy) is 1. The van der Waals surface area contributed by atoms with Crippen LogP contribution < -0.4 is 0 Å². The molecule has 1 aliphatic carbocycles. The van der Waals surface area contributed by atoms with Crippen molar-refractivity contribution in [2.24, 2.45) is 4.99 Å². The monoisotopic (exact) mass is 387 g/mol. The van der Waals surface area contributed by atoms with Gasteiger partial charge in [-0.1, -0.05) is 12.2 Å². The van der Waals surface area contributed by atoms with Crippen molar-refractivity contribution in [2.45, 2.75) is 44.9 Å². The van der Waals surface area contributed by atoms with Gasteiger partial charge >= 0.3 is 6.09 Å². The van der Waals surface area contributed by atoms with Gasteiger partial charge in [0.25, 0.3) is 0 Å². The molecule has 0 unspecified atom stereocenters. The Hall–Kier alpha value is -3.01. The van der Waals surface area contributed by atoms with Gasteiger partial charge in [0, 0.05) is 20.5 Å². The molecule has 0 radical (unpaired) electrons. The van der Waals surface area contributed by atoms with E-state index in [2.05, 4.69) is 20.1 Å². The lowest BCUT2D eigenvalue weighted by atomic mass is 10.2. The fraction of sp³-hybridized carbons (Fsp3) is 0.500. The molecule has 1 amide bonds. The van der Waals surface area contributed by atoms with Gasteiger partial charge < -0.3 is 9.64 Å². The third-order valence-electron chi connectivity index (χ3n) is 4.03. The quantitative estimate of drug-likeness (QED) is 0.282. The van der Waals surface area contributed by atoms with E-state index in [1.54, 1.807) is 44.1 Å². The van der Waals surface area contributed by atoms with Crippen LogP contribution in [-0.2, 0) is 4.74 Å². The van der Waals surface area contributed by atoms with Gasteiger partial charge in [-0.15, -0.1) is 0 Å². The molecule has 150 valence electrons. The average Bonchev–Trinajstić information content (AvgIpc) is 3.24. The highest BCUT2D eigenvalue weighted by atomic mass is 16.6. The van der Waals surface area contributed by atoms with E-state index in [1.807, 2.05) is 25.1 Å². The molecule has 2 aromatic heterocycles. The van der Waals surface area contributed by atoms with Crippen molar-refractivity contribution in [2.75, 3.05) is 14.1 Å². The van der Waals surface area contributed by atoms with E-state index < -0.39 is 17.7 Å². The molecule has 28 heavy (non-hydrogen) atoms. The maximum Gasteiger partial charge on any atom is 0.434 e. The maximum atomic E-state index is 12.1. The van der Waals surface area contributed by atoms with E-state index in [9.17, 15) is 10.0 Å². The first-order chi connectivity index (χ1) is 13.2. The molecule has 2 heterocycles. The van der Waals surface area contributed by atoms with Crippen LogP contribution in [0.15, 0.2) is 29.7 Å². The van der Waals surface area contributed by atoms with Gasteiger partial charge in [-0.2, -0.15) is 10.2 Å². The molecule has 10 heteroatoms. The third kappa shape index (κ3) is 4.28. The Balaban J connectivity index is 1.77. The molecule has 0 spiro atoms. The number of aliphatic imine (C=N–C) groups is 1. The Morgan fingerprint density at radius 1 is 1.36 bits per heavy atom. The second kappa shape index (κ2) is 7.55. The molecule has 2 atom stereocenters. The zero-order valence-electron chi connectivity index (χ0n) is 16.6. The van der Waals surface area contributed by atoms with Gasteiger partial charge in [0.1, 0.15) is 11.9 Å². The summed E-state index contributed by atoms with van der Waals surface area (Å²) in [5.74, 6) is 0.529. The number of hydrogen-bond acceptors (Lipinski definition) is 7. The highest BCUT2D eigenvalue weighted by Crippen LogP contribution is 2.30. The average molecular weight is 387 g/mol. The fourth-order valence-electron chi connectivity index (χ4n) is 2.83. The van der Waals surface area contributed by atoms with Crippen molar-refractivity contribution >= 4 is 29.3 Å². The van der Waals surface area contributed by atoms with E-state index in [0.717, 1.165) is 5.39 Å². The van der Waals surface area contributed by atoms with Crippen LogP contribution >= 0.6 is 0 Å². The molecule has 2 aromatic rings. The van der Waals surface area contributed by atoms with Crippen LogP contribution in [0.3, 0.4) is 0 Å². The van der Waals surface area contributed by atoms with Crippen LogP contribution in [0.1, 0.15) is 33.2 Å². The first-order valence-electron chi connectivity index (χ1n) is 8.94. The van der Waals surface area contributed by atoms with Gasteiger partial charge in [-0.05, 0) is 20.8 Å². The molecule has 10 nitrogen and oxygen atoms in total. The standard InChI is InChI=1S/C18H25N7O3/c1-18(2,3)28-17(26)25(27)13-7-6-12(8-13)24-16-14(9-22-24)15(19-10-20-16)21-11-23(4)5/h6-7,9-13,27H,8H2,1-5H3/b21-11+/t12-,13+/m0/s1. The van der Waals surface area contributed by atoms with E-state index in [-0.39, 0.29) is 6.04 Å². The van der Waals surface area contributed by atoms with Crippen molar-refractivity contribution in [1.82, 2.24) is 29.7 Å². The second-order valence-electron chi connectivity index (χ2n) is 7.81. The molecule has 0 aromatic carbocycles.